The number of carbonyl (C=O) groups excluding carboxylic acids is 2. The van der Waals surface area contributed by atoms with Gasteiger partial charge in [-0.3, -0.25) is 9.59 Å². The largest absolute Gasteiger partial charge is 0.478 e. The number of aryl methyl sites for hydroxylation is 1. The number of amides is 2. The van der Waals surface area contributed by atoms with Gasteiger partial charge in [0.25, 0.3) is 17.0 Å². The van der Waals surface area contributed by atoms with Gasteiger partial charge in [0.05, 0.1) is 5.57 Å². The van der Waals surface area contributed by atoms with Crippen molar-refractivity contribution >= 4 is 40.9 Å². The van der Waals surface area contributed by atoms with Crippen LogP contribution in [0.25, 0.3) is 0 Å². The van der Waals surface area contributed by atoms with E-state index in [4.69, 9.17) is 9.84 Å². The number of thioether (sulfide) groups is 1. The summed E-state index contributed by atoms with van der Waals surface area (Å²) in [7, 11) is 0. The lowest BCUT2D eigenvalue weighted by atomic mass is 10.1. The number of carbonyl (C=O) groups is 3. The van der Waals surface area contributed by atoms with Gasteiger partial charge < -0.3 is 20.1 Å². The fourth-order valence-corrected chi connectivity index (χ4v) is 4.24. The Morgan fingerprint density at radius 3 is 2.83 bits per heavy atom. The van der Waals surface area contributed by atoms with E-state index in [9.17, 15) is 14.4 Å². The first-order valence-corrected chi connectivity index (χ1v) is 8.77. The molecule has 0 spiro atoms. The number of fused-ring (bicyclic) bond motifs is 1. The summed E-state index contributed by atoms with van der Waals surface area (Å²) in [5.41, 5.74) is 0.171. The first kappa shape index (κ1) is 16.7. The molecule has 3 rings (SSSR count). The van der Waals surface area contributed by atoms with Crippen LogP contribution in [-0.4, -0.2) is 61.3 Å². The standard InChI is InChI=1S/C13H14N4O5S2/c1-5-7(12(20)21)3-17-10(19)9(11(17)23-5)14-8(18)4-22-13-16-15-6(2)24-13/h3,5,9,11H,4H2,1-2H3,(H,14,18)(H,20,21)/t5?,9?,11-/m1/s1. The Bertz CT molecular complexity index is 734. The van der Waals surface area contributed by atoms with Crippen LogP contribution in [0.1, 0.15) is 11.9 Å². The number of hydrogen-bond acceptors (Lipinski definition) is 8. The van der Waals surface area contributed by atoms with E-state index in [1.54, 1.807) is 13.8 Å². The molecule has 11 heteroatoms. The van der Waals surface area contributed by atoms with Gasteiger partial charge in [-0.2, -0.15) is 0 Å². The van der Waals surface area contributed by atoms with Crippen LogP contribution in [-0.2, 0) is 14.4 Å². The topological polar surface area (TPSA) is 122 Å². The van der Waals surface area contributed by atoms with Crippen molar-refractivity contribution in [3.63, 3.8) is 0 Å². The molecule has 9 nitrogen and oxygen atoms in total. The molecule has 2 amide bonds. The summed E-state index contributed by atoms with van der Waals surface area (Å²) in [5, 5.41) is 19.7. The lowest BCUT2D eigenvalue weighted by Gasteiger charge is -2.48. The number of aromatic nitrogens is 2. The maximum absolute atomic E-state index is 12.1. The highest BCUT2D eigenvalue weighted by Gasteiger charge is 2.51. The van der Waals surface area contributed by atoms with Crippen molar-refractivity contribution in [1.29, 1.82) is 0 Å². The number of carboxylic acids is 1. The number of nitrogens with one attached hydrogen (secondary N) is 1. The lowest BCUT2D eigenvalue weighted by molar-refractivity contribution is -0.145. The van der Waals surface area contributed by atoms with Crippen molar-refractivity contribution in [1.82, 2.24) is 20.4 Å². The van der Waals surface area contributed by atoms with E-state index in [-0.39, 0.29) is 28.7 Å². The van der Waals surface area contributed by atoms with E-state index < -0.39 is 17.9 Å². The Labute approximate surface area is 145 Å². The van der Waals surface area contributed by atoms with Crippen molar-refractivity contribution in [2.24, 2.45) is 0 Å². The molecule has 0 aromatic carbocycles. The summed E-state index contributed by atoms with van der Waals surface area (Å²) in [4.78, 5) is 36.5. The van der Waals surface area contributed by atoms with Gasteiger partial charge in [0.2, 0.25) is 0 Å². The van der Waals surface area contributed by atoms with Crippen LogP contribution in [0, 0.1) is 6.92 Å². The zero-order valence-corrected chi connectivity index (χ0v) is 14.4. The van der Waals surface area contributed by atoms with Crippen molar-refractivity contribution in [3.8, 4) is 5.19 Å². The van der Waals surface area contributed by atoms with Crippen LogP contribution < -0.4 is 10.1 Å². The van der Waals surface area contributed by atoms with Crippen molar-refractivity contribution in [2.45, 2.75) is 30.5 Å². The second-order valence-electron chi connectivity index (χ2n) is 5.22. The van der Waals surface area contributed by atoms with Gasteiger partial charge in [-0.1, -0.05) is 11.3 Å². The number of nitrogens with zero attached hydrogens (tertiary/aromatic N) is 3. The van der Waals surface area contributed by atoms with E-state index in [1.165, 1.54) is 34.2 Å². The molecule has 128 valence electrons. The summed E-state index contributed by atoms with van der Waals surface area (Å²) in [6.45, 7) is 3.26. The van der Waals surface area contributed by atoms with Crippen LogP contribution >= 0.6 is 23.1 Å². The molecule has 2 N–H and O–H groups in total. The predicted octanol–water partition coefficient (Wildman–Crippen LogP) is -0.0178. The maximum atomic E-state index is 12.1. The molecule has 1 saturated heterocycles. The summed E-state index contributed by atoms with van der Waals surface area (Å²) in [6, 6.07) is -0.684. The van der Waals surface area contributed by atoms with Gasteiger partial charge in [-0.05, 0) is 13.8 Å². The molecule has 0 aliphatic carbocycles. The Balaban J connectivity index is 1.56. The van der Waals surface area contributed by atoms with Crippen LogP contribution in [0.15, 0.2) is 11.8 Å². The number of aliphatic carboxylic acids is 1. The fourth-order valence-electron chi connectivity index (χ4n) is 2.35. The maximum Gasteiger partial charge on any atom is 0.334 e. The van der Waals surface area contributed by atoms with Crippen LogP contribution in [0.3, 0.4) is 0 Å². The van der Waals surface area contributed by atoms with E-state index in [0.717, 1.165) is 5.01 Å². The van der Waals surface area contributed by atoms with E-state index in [1.807, 2.05) is 0 Å². The second kappa shape index (κ2) is 6.40. The average Bonchev–Trinajstić information content (AvgIpc) is 2.95. The Morgan fingerprint density at radius 1 is 1.46 bits per heavy atom. The van der Waals surface area contributed by atoms with Gasteiger partial charge in [0.15, 0.2) is 6.61 Å². The number of β-lactam (4-membered cyclic amide) rings is 1. The molecule has 2 aliphatic heterocycles. The highest BCUT2D eigenvalue weighted by Crippen LogP contribution is 2.40. The molecule has 3 heterocycles. The fraction of sp³-hybridized carbons (Fsp3) is 0.462. The molecule has 0 radical (unpaired) electrons. The molecule has 3 atom stereocenters. The summed E-state index contributed by atoms with van der Waals surface area (Å²) in [5.74, 6) is -1.82. The van der Waals surface area contributed by atoms with Gasteiger partial charge in [0.1, 0.15) is 16.4 Å². The van der Waals surface area contributed by atoms with Crippen LogP contribution in [0.2, 0.25) is 0 Å². The zero-order chi connectivity index (χ0) is 17.4. The molecule has 0 bridgehead atoms. The lowest BCUT2D eigenvalue weighted by Crippen LogP contribution is -2.69. The summed E-state index contributed by atoms with van der Waals surface area (Å²) >= 11 is 2.55. The minimum atomic E-state index is -1.05. The smallest absolute Gasteiger partial charge is 0.334 e. The monoisotopic (exact) mass is 370 g/mol. The van der Waals surface area contributed by atoms with E-state index >= 15 is 0 Å². The minimum Gasteiger partial charge on any atom is -0.478 e. The molecule has 1 fully saturated rings. The molecule has 24 heavy (non-hydrogen) atoms. The number of carboxylic acid groups (broad SMARTS) is 1. The molecule has 2 unspecified atom stereocenters. The van der Waals surface area contributed by atoms with Crippen molar-refractivity contribution in [2.75, 3.05) is 6.61 Å². The molecule has 0 saturated carbocycles. The normalized spacial score (nSPS) is 25.4. The molecular formula is C13H14N4O5S2. The van der Waals surface area contributed by atoms with Gasteiger partial charge in [-0.15, -0.1) is 22.0 Å². The quantitative estimate of drug-likeness (QED) is 0.694. The highest BCUT2D eigenvalue weighted by molar-refractivity contribution is 8.00. The number of ether oxygens (including phenoxy) is 1. The average molecular weight is 370 g/mol. The molecule has 2 aliphatic rings. The highest BCUT2D eigenvalue weighted by atomic mass is 32.2. The van der Waals surface area contributed by atoms with Gasteiger partial charge >= 0.3 is 5.97 Å². The van der Waals surface area contributed by atoms with Gasteiger partial charge in [-0.25, -0.2) is 4.79 Å². The number of hydrogen-bond donors (Lipinski definition) is 2. The molecular weight excluding hydrogens is 356 g/mol. The summed E-state index contributed by atoms with van der Waals surface area (Å²) in [6.07, 6.45) is 1.35. The number of rotatable bonds is 5. The van der Waals surface area contributed by atoms with E-state index in [0.29, 0.717) is 5.19 Å². The molecule has 1 aromatic rings. The van der Waals surface area contributed by atoms with Crippen LogP contribution in [0.4, 0.5) is 0 Å². The SMILES string of the molecule is Cc1nnc(OCC(=O)NC2C(=O)N3C=C(C(=O)O)C(C)S[C@H]23)s1. The van der Waals surface area contributed by atoms with Gasteiger partial charge in [0, 0.05) is 11.4 Å². The first-order chi connectivity index (χ1) is 11.4. The molecule has 1 aromatic heterocycles. The predicted molar refractivity (Wildman–Crippen MR) is 85.5 cm³/mol. The summed E-state index contributed by atoms with van der Waals surface area (Å²) < 4.78 is 5.21. The first-order valence-electron chi connectivity index (χ1n) is 7.01. The Kier molecular flexibility index (Phi) is 4.45. The Hall–Kier alpha value is -2.14. The van der Waals surface area contributed by atoms with Crippen molar-refractivity contribution in [3.05, 3.63) is 16.8 Å². The second-order valence-corrected chi connectivity index (χ2v) is 7.83. The van der Waals surface area contributed by atoms with E-state index in [2.05, 4.69) is 15.5 Å². The van der Waals surface area contributed by atoms with Crippen molar-refractivity contribution < 1.29 is 24.2 Å². The Morgan fingerprint density at radius 2 is 2.21 bits per heavy atom. The minimum absolute atomic E-state index is 0.171. The third-order valence-corrected chi connectivity index (χ3v) is 5.73. The third-order valence-electron chi connectivity index (χ3n) is 3.54. The zero-order valence-electron chi connectivity index (χ0n) is 12.8. The third kappa shape index (κ3) is 3.08. The van der Waals surface area contributed by atoms with Crippen LogP contribution in [0.5, 0.6) is 5.19 Å².